The van der Waals surface area contributed by atoms with Gasteiger partial charge < -0.3 is 16.4 Å². The number of carbonyl (C=O) groups is 2. The molecule has 0 radical (unpaired) electrons. The number of benzene rings is 2. The van der Waals surface area contributed by atoms with Crippen LogP contribution in [0.25, 0.3) is 0 Å². The summed E-state index contributed by atoms with van der Waals surface area (Å²) in [6.07, 6.45) is 4.90. The summed E-state index contributed by atoms with van der Waals surface area (Å²) >= 11 is 0. The van der Waals surface area contributed by atoms with Gasteiger partial charge in [0.15, 0.2) is 0 Å². The molecule has 8 nitrogen and oxygen atoms in total. The van der Waals surface area contributed by atoms with E-state index < -0.39 is 33.8 Å². The van der Waals surface area contributed by atoms with Gasteiger partial charge in [0.2, 0.25) is 11.8 Å². The van der Waals surface area contributed by atoms with Crippen molar-refractivity contribution in [3.63, 3.8) is 0 Å². The fraction of sp³-hybridized carbons (Fsp3) is 0.448. The first-order chi connectivity index (χ1) is 18.0. The monoisotopic (exact) mass is 538 g/mol. The van der Waals surface area contributed by atoms with Crippen molar-refractivity contribution < 1.29 is 18.0 Å². The second-order valence-corrected chi connectivity index (χ2v) is 12.7. The van der Waals surface area contributed by atoms with Crippen LogP contribution in [-0.2, 0) is 26.0 Å². The van der Waals surface area contributed by atoms with Gasteiger partial charge in [-0.05, 0) is 80.3 Å². The predicted octanol–water partition coefficient (Wildman–Crippen LogP) is 3.48. The van der Waals surface area contributed by atoms with Crippen LogP contribution < -0.4 is 16.4 Å². The fourth-order valence-electron chi connectivity index (χ4n) is 5.49. The summed E-state index contributed by atoms with van der Waals surface area (Å²) in [6, 6.07) is 11.5. The van der Waals surface area contributed by atoms with E-state index in [2.05, 4.69) is 43.5 Å². The molecule has 2 amide bonds. The Labute approximate surface area is 225 Å². The third kappa shape index (κ3) is 5.63. The number of nitrogens with two attached hydrogens (primary N) is 1. The van der Waals surface area contributed by atoms with Gasteiger partial charge in [-0.3, -0.25) is 13.9 Å². The van der Waals surface area contributed by atoms with E-state index in [4.69, 9.17) is 5.73 Å². The summed E-state index contributed by atoms with van der Waals surface area (Å²) in [5.41, 5.74) is 10.1. The fourth-order valence-corrected chi connectivity index (χ4v) is 6.96. The number of fused-ring (bicyclic) bond motifs is 1. The molecule has 38 heavy (non-hydrogen) atoms. The molecule has 0 aromatic heterocycles. The Bertz CT molecular complexity index is 1320. The van der Waals surface area contributed by atoms with Gasteiger partial charge in [0.1, 0.15) is 6.04 Å². The molecule has 4 atom stereocenters. The van der Waals surface area contributed by atoms with Crippen molar-refractivity contribution in [1.29, 1.82) is 0 Å². The number of rotatable bonds is 9. The van der Waals surface area contributed by atoms with E-state index in [0.717, 1.165) is 45.9 Å². The zero-order valence-corrected chi connectivity index (χ0v) is 23.3. The van der Waals surface area contributed by atoms with E-state index in [-0.39, 0.29) is 16.9 Å². The number of amides is 2. The van der Waals surface area contributed by atoms with Crippen LogP contribution in [0.4, 0.5) is 0 Å². The van der Waals surface area contributed by atoms with Gasteiger partial charge in [-0.15, -0.1) is 0 Å². The molecule has 2 aromatic carbocycles. The highest BCUT2D eigenvalue weighted by atomic mass is 32.2. The van der Waals surface area contributed by atoms with Crippen LogP contribution in [0, 0.1) is 18.8 Å². The largest absolute Gasteiger partial charge is 0.369 e. The summed E-state index contributed by atoms with van der Waals surface area (Å²) in [4.78, 5) is 26.3. The van der Waals surface area contributed by atoms with Crippen LogP contribution in [0.2, 0.25) is 0 Å². The molecule has 9 heteroatoms. The Balaban J connectivity index is 1.71. The summed E-state index contributed by atoms with van der Waals surface area (Å²) in [5, 5.41) is 6.15. The minimum absolute atomic E-state index is 0.0484. The average Bonchev–Trinajstić information content (AvgIpc) is 2.88. The molecular formula is C29H38N4O4S. The third-order valence-electron chi connectivity index (χ3n) is 7.55. The minimum Gasteiger partial charge on any atom is -0.369 e. The van der Waals surface area contributed by atoms with Crippen molar-refractivity contribution in [1.82, 2.24) is 14.9 Å². The van der Waals surface area contributed by atoms with Crippen molar-refractivity contribution >= 4 is 21.8 Å². The van der Waals surface area contributed by atoms with E-state index in [9.17, 15) is 18.0 Å². The van der Waals surface area contributed by atoms with Gasteiger partial charge in [-0.2, -0.15) is 0 Å². The molecule has 2 aliphatic rings. The second-order valence-electron chi connectivity index (χ2n) is 10.8. The first-order valence-corrected chi connectivity index (χ1v) is 14.7. The lowest BCUT2D eigenvalue weighted by Gasteiger charge is -2.40. The van der Waals surface area contributed by atoms with Crippen molar-refractivity contribution in [3.8, 4) is 0 Å². The summed E-state index contributed by atoms with van der Waals surface area (Å²) in [6.45, 7) is 9.23. The van der Waals surface area contributed by atoms with Crippen LogP contribution >= 0.6 is 0 Å². The molecule has 2 aromatic rings. The first kappa shape index (κ1) is 27.9. The Morgan fingerprint density at radius 2 is 1.87 bits per heavy atom. The van der Waals surface area contributed by atoms with Gasteiger partial charge in [0.05, 0.1) is 10.8 Å². The van der Waals surface area contributed by atoms with Gasteiger partial charge in [-0.25, -0.2) is 8.42 Å². The normalized spacial score (nSPS) is 21.1. The molecule has 4 rings (SSSR count). The van der Waals surface area contributed by atoms with Gasteiger partial charge in [0.25, 0.3) is 10.0 Å². The molecule has 1 aliphatic heterocycles. The van der Waals surface area contributed by atoms with Gasteiger partial charge in [0, 0.05) is 18.4 Å². The molecule has 2 unspecified atom stereocenters. The average molecular weight is 539 g/mol. The Morgan fingerprint density at radius 3 is 2.53 bits per heavy atom. The van der Waals surface area contributed by atoms with Gasteiger partial charge >= 0.3 is 0 Å². The number of hydrogen-bond acceptors (Lipinski definition) is 5. The number of nitrogens with zero attached hydrogens (tertiary/aromatic N) is 1. The van der Waals surface area contributed by atoms with Crippen LogP contribution in [0.1, 0.15) is 67.8 Å². The number of primary amides is 1. The lowest BCUT2D eigenvalue weighted by Crippen LogP contribution is -2.57. The zero-order valence-electron chi connectivity index (χ0n) is 22.5. The standard InChI is InChI=1S/C29H38N4O4S/c1-18(2)17-32-20(4)21-10-13-24-22(16-21)6-5-7-25(24)26(28(30)34)27-29(35)31-14-15-33(27)38(36,37)23-11-8-19(3)9-12-23/h8-16,18,20,25-27,32H,5-7,17H2,1-4H3,(H2,30,34)(H,31,35)/t20?,25-,26?,27+/m0/s1. The number of sulfonamides is 1. The lowest BCUT2D eigenvalue weighted by molar-refractivity contribution is -0.133. The van der Waals surface area contributed by atoms with E-state index in [1.165, 1.54) is 24.5 Å². The van der Waals surface area contributed by atoms with Crippen LogP contribution in [0.5, 0.6) is 0 Å². The molecule has 204 valence electrons. The molecule has 0 fully saturated rings. The second kappa shape index (κ2) is 11.3. The van der Waals surface area contributed by atoms with Crippen molar-refractivity contribution in [2.75, 3.05) is 6.54 Å². The third-order valence-corrected chi connectivity index (χ3v) is 9.32. The zero-order chi connectivity index (χ0) is 27.6. The quantitative estimate of drug-likeness (QED) is 0.451. The van der Waals surface area contributed by atoms with Crippen LogP contribution in [0.3, 0.4) is 0 Å². The van der Waals surface area contributed by atoms with Gasteiger partial charge in [-0.1, -0.05) is 49.7 Å². The van der Waals surface area contributed by atoms with Crippen LogP contribution in [0.15, 0.2) is 59.8 Å². The van der Waals surface area contributed by atoms with E-state index in [1.54, 1.807) is 12.1 Å². The van der Waals surface area contributed by atoms with Crippen molar-refractivity contribution in [2.45, 2.75) is 69.9 Å². The number of carbonyl (C=O) groups excluding carboxylic acids is 2. The number of nitrogens with one attached hydrogen (secondary N) is 2. The smallest absolute Gasteiger partial charge is 0.264 e. The summed E-state index contributed by atoms with van der Waals surface area (Å²) in [7, 11) is -4.12. The maximum atomic E-state index is 13.7. The molecule has 0 saturated heterocycles. The highest BCUT2D eigenvalue weighted by Gasteiger charge is 2.47. The SMILES string of the molecule is Cc1ccc(S(=O)(=O)N2C=CNC(=O)[C@H]2C(C(N)=O)[C@H]2CCCc3cc(C(C)NCC(C)C)ccc32)cc1. The first-order valence-electron chi connectivity index (χ1n) is 13.2. The van der Waals surface area contributed by atoms with E-state index in [1.807, 2.05) is 13.0 Å². The number of aryl methyl sites for hydroxylation is 2. The van der Waals surface area contributed by atoms with Crippen LogP contribution in [-0.4, -0.2) is 37.1 Å². The highest BCUT2D eigenvalue weighted by molar-refractivity contribution is 7.89. The highest BCUT2D eigenvalue weighted by Crippen LogP contribution is 2.41. The Hall–Kier alpha value is -3.17. The van der Waals surface area contributed by atoms with Crippen molar-refractivity contribution in [3.05, 3.63) is 77.1 Å². The molecular weight excluding hydrogens is 500 g/mol. The maximum absolute atomic E-state index is 13.7. The molecule has 1 heterocycles. The van der Waals surface area contributed by atoms with Crippen molar-refractivity contribution in [2.24, 2.45) is 17.6 Å². The van der Waals surface area contributed by atoms with E-state index >= 15 is 0 Å². The Morgan fingerprint density at radius 1 is 1.16 bits per heavy atom. The Kier molecular flexibility index (Phi) is 8.28. The topological polar surface area (TPSA) is 122 Å². The predicted molar refractivity (Wildman–Crippen MR) is 147 cm³/mol. The molecule has 1 aliphatic carbocycles. The molecule has 4 N–H and O–H groups in total. The minimum atomic E-state index is -4.12. The molecule has 0 bridgehead atoms. The molecule has 0 saturated carbocycles. The summed E-state index contributed by atoms with van der Waals surface area (Å²) in [5.74, 6) is -2.16. The summed E-state index contributed by atoms with van der Waals surface area (Å²) < 4.78 is 28.4. The molecule has 0 spiro atoms. The number of hydrogen-bond donors (Lipinski definition) is 3. The lowest BCUT2D eigenvalue weighted by atomic mass is 9.72. The maximum Gasteiger partial charge on any atom is 0.264 e. The van der Waals surface area contributed by atoms with E-state index in [0.29, 0.717) is 12.3 Å².